The standard InChI is InChI=1S/C11H17N/c1-10-6-3-4-8-12-9-5-7-11(10)2/h5,7,9-10H,2-4,6,8H2,1H3/b7-5-,12-9?. The molecule has 1 aliphatic rings. The van der Waals surface area contributed by atoms with Gasteiger partial charge in [0, 0.05) is 12.8 Å². The zero-order chi connectivity index (χ0) is 8.81. The Morgan fingerprint density at radius 1 is 1.50 bits per heavy atom. The van der Waals surface area contributed by atoms with Crippen molar-refractivity contribution >= 4 is 6.21 Å². The molecule has 0 aromatic carbocycles. The number of allylic oxidation sites excluding steroid dienone is 3. The molecule has 0 aliphatic carbocycles. The topological polar surface area (TPSA) is 12.4 Å². The molecule has 0 aromatic rings. The summed E-state index contributed by atoms with van der Waals surface area (Å²) < 4.78 is 0. The van der Waals surface area contributed by atoms with Gasteiger partial charge in [-0.1, -0.05) is 31.6 Å². The summed E-state index contributed by atoms with van der Waals surface area (Å²) in [6.07, 6.45) is 9.67. The summed E-state index contributed by atoms with van der Waals surface area (Å²) in [5.74, 6) is 0.632. The van der Waals surface area contributed by atoms with Gasteiger partial charge < -0.3 is 0 Å². The van der Waals surface area contributed by atoms with Gasteiger partial charge in [-0.25, -0.2) is 0 Å². The van der Waals surface area contributed by atoms with Gasteiger partial charge in [0.1, 0.15) is 0 Å². The van der Waals surface area contributed by atoms with E-state index in [-0.39, 0.29) is 0 Å². The Morgan fingerprint density at radius 3 is 3.17 bits per heavy atom. The van der Waals surface area contributed by atoms with E-state index in [4.69, 9.17) is 0 Å². The fraction of sp³-hybridized carbons (Fsp3) is 0.545. The van der Waals surface area contributed by atoms with Gasteiger partial charge in [0.25, 0.3) is 0 Å². The van der Waals surface area contributed by atoms with Crippen LogP contribution in [0.15, 0.2) is 29.3 Å². The van der Waals surface area contributed by atoms with Gasteiger partial charge in [0.2, 0.25) is 0 Å². The van der Waals surface area contributed by atoms with Gasteiger partial charge in [-0.05, 0) is 24.8 Å². The Balaban J connectivity index is 2.57. The zero-order valence-corrected chi connectivity index (χ0v) is 7.79. The fourth-order valence-corrected chi connectivity index (χ4v) is 1.31. The Labute approximate surface area is 74.9 Å². The highest BCUT2D eigenvalue weighted by Crippen LogP contribution is 2.17. The molecule has 1 aliphatic heterocycles. The molecule has 1 heterocycles. The number of aliphatic imine (C=N–C) groups is 1. The Hall–Kier alpha value is -0.850. The van der Waals surface area contributed by atoms with Crippen LogP contribution in [0.4, 0.5) is 0 Å². The first-order chi connectivity index (χ1) is 5.80. The van der Waals surface area contributed by atoms with Crippen molar-refractivity contribution in [3.05, 3.63) is 24.3 Å². The van der Waals surface area contributed by atoms with Gasteiger partial charge in [0.15, 0.2) is 0 Å². The van der Waals surface area contributed by atoms with E-state index in [0.717, 1.165) is 6.54 Å². The van der Waals surface area contributed by atoms with Crippen LogP contribution in [0.2, 0.25) is 0 Å². The Bertz CT molecular complexity index is 201. The van der Waals surface area contributed by atoms with Gasteiger partial charge in [-0.3, -0.25) is 4.99 Å². The van der Waals surface area contributed by atoms with Gasteiger partial charge >= 0.3 is 0 Å². The first kappa shape index (κ1) is 9.24. The summed E-state index contributed by atoms with van der Waals surface area (Å²) in [4.78, 5) is 4.24. The van der Waals surface area contributed by atoms with Crippen molar-refractivity contribution in [1.82, 2.24) is 0 Å². The van der Waals surface area contributed by atoms with Crippen molar-refractivity contribution in [2.75, 3.05) is 6.54 Å². The van der Waals surface area contributed by atoms with Crippen LogP contribution in [-0.2, 0) is 0 Å². The van der Waals surface area contributed by atoms with Crippen LogP contribution in [0.25, 0.3) is 0 Å². The molecule has 0 aromatic heterocycles. The smallest absolute Gasteiger partial charge is 0.0389 e. The van der Waals surface area contributed by atoms with E-state index in [1.54, 1.807) is 0 Å². The third kappa shape index (κ3) is 3.04. The summed E-state index contributed by atoms with van der Waals surface area (Å²) in [5.41, 5.74) is 1.23. The third-order valence-corrected chi connectivity index (χ3v) is 2.31. The lowest BCUT2D eigenvalue weighted by Gasteiger charge is -2.11. The molecule has 0 saturated heterocycles. The van der Waals surface area contributed by atoms with Crippen LogP contribution >= 0.6 is 0 Å². The SMILES string of the molecule is C=C1/C=C\C=NCCCCC1C. The summed E-state index contributed by atoms with van der Waals surface area (Å²) in [7, 11) is 0. The number of rotatable bonds is 0. The Morgan fingerprint density at radius 2 is 2.33 bits per heavy atom. The minimum Gasteiger partial charge on any atom is -0.293 e. The molecule has 0 saturated carbocycles. The van der Waals surface area contributed by atoms with Crippen LogP contribution in [-0.4, -0.2) is 12.8 Å². The van der Waals surface area contributed by atoms with Crippen molar-refractivity contribution in [1.29, 1.82) is 0 Å². The van der Waals surface area contributed by atoms with Gasteiger partial charge in [-0.15, -0.1) is 0 Å². The minimum atomic E-state index is 0.632. The quantitative estimate of drug-likeness (QED) is 0.520. The highest BCUT2D eigenvalue weighted by molar-refractivity contribution is 5.71. The molecule has 1 atom stereocenters. The molecule has 0 N–H and O–H groups in total. The normalized spacial score (nSPS) is 28.4. The predicted octanol–water partition coefficient (Wildman–Crippen LogP) is 2.99. The summed E-state index contributed by atoms with van der Waals surface area (Å²) in [6, 6.07) is 0. The van der Waals surface area contributed by atoms with E-state index >= 15 is 0 Å². The lowest BCUT2D eigenvalue weighted by Crippen LogP contribution is -1.98. The maximum atomic E-state index is 4.24. The second-order valence-electron chi connectivity index (χ2n) is 3.39. The first-order valence-corrected chi connectivity index (χ1v) is 4.66. The van der Waals surface area contributed by atoms with Crippen molar-refractivity contribution in [2.45, 2.75) is 26.2 Å². The zero-order valence-electron chi connectivity index (χ0n) is 7.79. The number of nitrogens with zero attached hydrogens (tertiary/aromatic N) is 1. The first-order valence-electron chi connectivity index (χ1n) is 4.66. The van der Waals surface area contributed by atoms with Crippen LogP contribution in [0.5, 0.6) is 0 Å². The highest BCUT2D eigenvalue weighted by atomic mass is 14.7. The van der Waals surface area contributed by atoms with Crippen LogP contribution < -0.4 is 0 Å². The molecule has 0 fully saturated rings. The highest BCUT2D eigenvalue weighted by Gasteiger charge is 2.03. The maximum absolute atomic E-state index is 4.24. The molecule has 12 heavy (non-hydrogen) atoms. The van der Waals surface area contributed by atoms with E-state index in [9.17, 15) is 0 Å². The summed E-state index contributed by atoms with van der Waals surface area (Å²) in [6.45, 7) is 7.24. The molecule has 1 heteroatoms. The summed E-state index contributed by atoms with van der Waals surface area (Å²) >= 11 is 0. The average molecular weight is 163 g/mol. The largest absolute Gasteiger partial charge is 0.293 e. The van der Waals surface area contributed by atoms with Crippen LogP contribution in [0.3, 0.4) is 0 Å². The van der Waals surface area contributed by atoms with E-state index in [2.05, 4.69) is 24.6 Å². The van der Waals surface area contributed by atoms with Crippen molar-refractivity contribution in [3.63, 3.8) is 0 Å². The molecular weight excluding hydrogens is 146 g/mol. The van der Waals surface area contributed by atoms with Crippen molar-refractivity contribution < 1.29 is 0 Å². The van der Waals surface area contributed by atoms with E-state index in [1.807, 2.05) is 12.3 Å². The monoisotopic (exact) mass is 163 g/mol. The molecule has 0 amide bonds. The van der Waals surface area contributed by atoms with E-state index in [0.29, 0.717) is 5.92 Å². The molecule has 0 spiro atoms. The van der Waals surface area contributed by atoms with E-state index in [1.165, 1.54) is 24.8 Å². The molecule has 0 radical (unpaired) electrons. The molecular formula is C11H17N. The fourth-order valence-electron chi connectivity index (χ4n) is 1.31. The van der Waals surface area contributed by atoms with Crippen LogP contribution in [0.1, 0.15) is 26.2 Å². The van der Waals surface area contributed by atoms with E-state index < -0.39 is 0 Å². The predicted molar refractivity (Wildman–Crippen MR) is 54.7 cm³/mol. The number of hydrogen-bond donors (Lipinski definition) is 0. The lowest BCUT2D eigenvalue weighted by molar-refractivity contribution is 0.571. The van der Waals surface area contributed by atoms with Crippen molar-refractivity contribution in [2.24, 2.45) is 10.9 Å². The second-order valence-corrected chi connectivity index (χ2v) is 3.39. The van der Waals surface area contributed by atoms with Gasteiger partial charge in [0.05, 0.1) is 0 Å². The Kier molecular flexibility index (Phi) is 3.78. The molecule has 1 unspecified atom stereocenters. The molecule has 1 rings (SSSR count). The second kappa shape index (κ2) is 4.91. The van der Waals surface area contributed by atoms with Gasteiger partial charge in [-0.2, -0.15) is 0 Å². The lowest BCUT2D eigenvalue weighted by atomic mass is 9.96. The number of hydrogen-bond acceptors (Lipinski definition) is 1. The maximum Gasteiger partial charge on any atom is 0.0389 e. The van der Waals surface area contributed by atoms with Crippen molar-refractivity contribution in [3.8, 4) is 0 Å². The minimum absolute atomic E-state index is 0.632. The molecule has 0 bridgehead atoms. The van der Waals surface area contributed by atoms with Crippen LogP contribution in [0, 0.1) is 5.92 Å². The molecule has 1 nitrogen and oxygen atoms in total. The third-order valence-electron chi connectivity index (χ3n) is 2.31. The summed E-state index contributed by atoms with van der Waals surface area (Å²) in [5, 5.41) is 0. The average Bonchev–Trinajstić information content (AvgIpc) is 2.08. The molecule has 66 valence electrons.